The molecule has 0 spiro atoms. The SMILES string of the molecule is CCn1cc(Br)c(C(=O)N2CCN(Cc3ccccc3Cl)CC2)n1. The third-order valence-corrected chi connectivity index (χ3v) is 5.20. The topological polar surface area (TPSA) is 41.4 Å². The Morgan fingerprint density at radius 1 is 1.25 bits per heavy atom. The van der Waals surface area contributed by atoms with Gasteiger partial charge in [-0.2, -0.15) is 5.10 Å². The van der Waals surface area contributed by atoms with E-state index in [1.807, 2.05) is 42.3 Å². The molecule has 1 aromatic carbocycles. The molecule has 0 unspecified atom stereocenters. The Balaban J connectivity index is 1.59. The van der Waals surface area contributed by atoms with Crippen molar-refractivity contribution in [3.63, 3.8) is 0 Å². The van der Waals surface area contributed by atoms with E-state index < -0.39 is 0 Å². The van der Waals surface area contributed by atoms with Gasteiger partial charge in [0.15, 0.2) is 5.69 Å². The summed E-state index contributed by atoms with van der Waals surface area (Å²) in [5, 5.41) is 5.15. The summed E-state index contributed by atoms with van der Waals surface area (Å²) in [7, 11) is 0. The Bertz CT molecular complexity index is 725. The number of halogens is 2. The van der Waals surface area contributed by atoms with Crippen molar-refractivity contribution < 1.29 is 4.79 Å². The predicted octanol–water partition coefficient (Wildman–Crippen LogP) is 3.28. The first-order chi connectivity index (χ1) is 11.6. The number of hydrogen-bond donors (Lipinski definition) is 0. The van der Waals surface area contributed by atoms with Crippen LogP contribution in [0, 0.1) is 0 Å². The summed E-state index contributed by atoms with van der Waals surface area (Å²) in [6.45, 7) is 6.64. The van der Waals surface area contributed by atoms with Crippen molar-refractivity contribution in [1.29, 1.82) is 0 Å². The Hall–Kier alpha value is -1.37. The number of carbonyl (C=O) groups excluding carboxylic acids is 1. The first kappa shape index (κ1) is 17.5. The lowest BCUT2D eigenvalue weighted by molar-refractivity contribution is 0.0621. The van der Waals surface area contributed by atoms with E-state index in [2.05, 4.69) is 25.9 Å². The maximum atomic E-state index is 12.6. The molecule has 0 bridgehead atoms. The highest BCUT2D eigenvalue weighted by atomic mass is 79.9. The highest BCUT2D eigenvalue weighted by Crippen LogP contribution is 2.20. The zero-order valence-electron chi connectivity index (χ0n) is 13.6. The third kappa shape index (κ3) is 3.82. The van der Waals surface area contributed by atoms with E-state index in [1.54, 1.807) is 4.68 Å². The molecule has 0 N–H and O–H groups in total. The molecule has 0 radical (unpaired) electrons. The van der Waals surface area contributed by atoms with E-state index in [0.717, 1.165) is 41.2 Å². The molecule has 0 saturated carbocycles. The summed E-state index contributed by atoms with van der Waals surface area (Å²) < 4.78 is 2.53. The Labute approximate surface area is 155 Å². The molecule has 1 aliphatic rings. The number of hydrogen-bond acceptors (Lipinski definition) is 3. The standard InChI is InChI=1S/C17H20BrClN4O/c1-2-23-12-14(18)16(20-23)17(24)22-9-7-21(8-10-22)11-13-5-3-4-6-15(13)19/h3-6,12H,2,7-11H2,1H3. The van der Waals surface area contributed by atoms with E-state index in [-0.39, 0.29) is 5.91 Å². The van der Waals surface area contributed by atoms with Gasteiger partial charge in [0.1, 0.15) is 0 Å². The first-order valence-electron chi connectivity index (χ1n) is 8.06. The zero-order valence-corrected chi connectivity index (χ0v) is 15.9. The molecule has 3 rings (SSSR count). The maximum absolute atomic E-state index is 12.6. The van der Waals surface area contributed by atoms with Crippen LogP contribution in [0.3, 0.4) is 0 Å². The van der Waals surface area contributed by atoms with Crippen molar-refractivity contribution in [3.05, 3.63) is 51.2 Å². The molecule has 1 aromatic heterocycles. The van der Waals surface area contributed by atoms with E-state index in [4.69, 9.17) is 11.6 Å². The van der Waals surface area contributed by atoms with Crippen molar-refractivity contribution in [3.8, 4) is 0 Å². The number of piperazine rings is 1. The van der Waals surface area contributed by atoms with Gasteiger partial charge in [-0.3, -0.25) is 14.4 Å². The van der Waals surface area contributed by atoms with Gasteiger partial charge in [-0.15, -0.1) is 0 Å². The van der Waals surface area contributed by atoms with Gasteiger partial charge in [0.2, 0.25) is 0 Å². The predicted molar refractivity (Wildman–Crippen MR) is 98.2 cm³/mol. The molecule has 128 valence electrons. The minimum Gasteiger partial charge on any atom is -0.335 e. The van der Waals surface area contributed by atoms with Gasteiger partial charge in [-0.25, -0.2) is 0 Å². The average molecular weight is 412 g/mol. The van der Waals surface area contributed by atoms with Crippen LogP contribution in [0.5, 0.6) is 0 Å². The van der Waals surface area contributed by atoms with Crippen LogP contribution < -0.4 is 0 Å². The van der Waals surface area contributed by atoms with Crippen molar-refractivity contribution in [2.24, 2.45) is 0 Å². The van der Waals surface area contributed by atoms with E-state index in [1.165, 1.54) is 0 Å². The summed E-state index contributed by atoms with van der Waals surface area (Å²) in [4.78, 5) is 16.8. The first-order valence-corrected chi connectivity index (χ1v) is 9.23. The maximum Gasteiger partial charge on any atom is 0.275 e. The Kier molecular flexibility index (Phi) is 5.58. The minimum atomic E-state index is -0.00790. The van der Waals surface area contributed by atoms with Crippen LogP contribution in [0.1, 0.15) is 23.0 Å². The fraction of sp³-hybridized carbons (Fsp3) is 0.412. The second-order valence-corrected chi connectivity index (χ2v) is 7.10. The molecular weight excluding hydrogens is 392 g/mol. The molecule has 0 atom stereocenters. The second kappa shape index (κ2) is 7.68. The monoisotopic (exact) mass is 410 g/mol. The van der Waals surface area contributed by atoms with Crippen LogP contribution >= 0.6 is 27.5 Å². The lowest BCUT2D eigenvalue weighted by Gasteiger charge is -2.34. The van der Waals surface area contributed by atoms with Gasteiger partial charge in [0.25, 0.3) is 5.91 Å². The molecule has 1 aliphatic heterocycles. The fourth-order valence-electron chi connectivity index (χ4n) is 2.83. The second-order valence-electron chi connectivity index (χ2n) is 5.84. The van der Waals surface area contributed by atoms with Crippen molar-refractivity contribution >= 4 is 33.4 Å². The Morgan fingerprint density at radius 3 is 2.58 bits per heavy atom. The Morgan fingerprint density at radius 2 is 1.96 bits per heavy atom. The van der Waals surface area contributed by atoms with Crippen molar-refractivity contribution in [2.45, 2.75) is 20.0 Å². The van der Waals surface area contributed by atoms with Crippen molar-refractivity contribution in [2.75, 3.05) is 26.2 Å². The molecule has 1 amide bonds. The van der Waals surface area contributed by atoms with Crippen molar-refractivity contribution in [1.82, 2.24) is 19.6 Å². The smallest absolute Gasteiger partial charge is 0.275 e. The molecule has 0 aliphatic carbocycles. The summed E-state index contributed by atoms with van der Waals surface area (Å²) >= 11 is 9.66. The van der Waals surface area contributed by atoms with Crippen LogP contribution in [0.4, 0.5) is 0 Å². The quantitative estimate of drug-likeness (QED) is 0.775. The van der Waals surface area contributed by atoms with Crippen LogP contribution in [0.15, 0.2) is 34.9 Å². The van der Waals surface area contributed by atoms with Gasteiger partial charge in [0.05, 0.1) is 4.47 Å². The lowest BCUT2D eigenvalue weighted by atomic mass is 10.2. The number of aryl methyl sites for hydroxylation is 1. The number of amides is 1. The summed E-state index contributed by atoms with van der Waals surface area (Å²) in [6.07, 6.45) is 1.85. The van der Waals surface area contributed by atoms with E-state index in [0.29, 0.717) is 18.8 Å². The zero-order chi connectivity index (χ0) is 17.1. The molecule has 2 heterocycles. The van der Waals surface area contributed by atoms with Crippen LogP contribution in [-0.4, -0.2) is 51.7 Å². The van der Waals surface area contributed by atoms with Gasteiger partial charge in [0, 0.05) is 50.5 Å². The van der Waals surface area contributed by atoms with Crippen LogP contribution in [0.2, 0.25) is 5.02 Å². The van der Waals surface area contributed by atoms with Gasteiger partial charge in [-0.1, -0.05) is 29.8 Å². The number of benzene rings is 1. The van der Waals surface area contributed by atoms with Gasteiger partial charge < -0.3 is 4.90 Å². The normalized spacial score (nSPS) is 15.7. The van der Waals surface area contributed by atoms with E-state index >= 15 is 0 Å². The summed E-state index contributed by atoms with van der Waals surface area (Å²) in [6, 6.07) is 7.91. The minimum absolute atomic E-state index is 0.00790. The summed E-state index contributed by atoms with van der Waals surface area (Å²) in [5.41, 5.74) is 1.62. The number of nitrogens with zero attached hydrogens (tertiary/aromatic N) is 4. The lowest BCUT2D eigenvalue weighted by Crippen LogP contribution is -2.48. The van der Waals surface area contributed by atoms with Gasteiger partial charge in [-0.05, 0) is 34.5 Å². The average Bonchev–Trinajstić information content (AvgIpc) is 2.98. The molecular formula is C17H20BrClN4O. The molecule has 1 fully saturated rings. The van der Waals surface area contributed by atoms with Crippen LogP contribution in [0.25, 0.3) is 0 Å². The summed E-state index contributed by atoms with van der Waals surface area (Å²) in [5.74, 6) is -0.00790. The van der Waals surface area contributed by atoms with Crippen LogP contribution in [-0.2, 0) is 13.1 Å². The molecule has 1 saturated heterocycles. The number of aromatic nitrogens is 2. The van der Waals surface area contributed by atoms with E-state index in [9.17, 15) is 4.79 Å². The third-order valence-electron chi connectivity index (χ3n) is 4.25. The highest BCUT2D eigenvalue weighted by Gasteiger charge is 2.25. The fourth-order valence-corrected chi connectivity index (χ4v) is 3.51. The molecule has 2 aromatic rings. The molecule has 7 heteroatoms. The molecule has 5 nitrogen and oxygen atoms in total. The highest BCUT2D eigenvalue weighted by molar-refractivity contribution is 9.10. The number of carbonyl (C=O) groups is 1. The number of rotatable bonds is 4. The van der Waals surface area contributed by atoms with Gasteiger partial charge >= 0.3 is 0 Å². The largest absolute Gasteiger partial charge is 0.335 e. The molecule has 24 heavy (non-hydrogen) atoms.